The number of nitrogens with zero attached hydrogens (tertiary/aromatic N) is 1. The molecule has 0 radical (unpaired) electrons. The van der Waals surface area contributed by atoms with Crippen LogP contribution in [0.1, 0.15) is 19.0 Å². The van der Waals surface area contributed by atoms with E-state index in [2.05, 4.69) is 50.0 Å². The van der Waals surface area contributed by atoms with Gasteiger partial charge in [0.1, 0.15) is 5.01 Å². The summed E-state index contributed by atoms with van der Waals surface area (Å²) >= 11 is 6.97. The van der Waals surface area contributed by atoms with Crippen molar-refractivity contribution in [3.63, 3.8) is 0 Å². The molecule has 5 heteroatoms. The zero-order valence-electron chi connectivity index (χ0n) is 9.00. The Morgan fingerprint density at radius 1 is 1.44 bits per heavy atom. The van der Waals surface area contributed by atoms with Crippen molar-refractivity contribution < 1.29 is 0 Å². The van der Waals surface area contributed by atoms with Crippen LogP contribution in [0.2, 0.25) is 0 Å². The molecule has 0 aliphatic rings. The minimum atomic E-state index is 0.868. The lowest BCUT2D eigenvalue weighted by atomic mass is 10.4. The number of thiazole rings is 1. The number of rotatable bonds is 5. The molecule has 0 saturated carbocycles. The molecule has 16 heavy (non-hydrogen) atoms. The number of hydrogen-bond acceptors (Lipinski definition) is 4. The van der Waals surface area contributed by atoms with Gasteiger partial charge in [-0.1, -0.05) is 6.92 Å². The number of aromatic nitrogens is 1. The maximum atomic E-state index is 4.62. The topological polar surface area (TPSA) is 24.9 Å². The summed E-state index contributed by atoms with van der Waals surface area (Å²) in [6.45, 7) is 4.09. The van der Waals surface area contributed by atoms with Crippen molar-refractivity contribution in [1.82, 2.24) is 10.3 Å². The average Bonchev–Trinajstić information content (AvgIpc) is 2.87. The van der Waals surface area contributed by atoms with Crippen LogP contribution in [-0.2, 0) is 6.54 Å². The van der Waals surface area contributed by atoms with Crippen molar-refractivity contribution in [1.29, 1.82) is 0 Å². The van der Waals surface area contributed by atoms with Crippen LogP contribution >= 0.6 is 38.6 Å². The molecule has 2 nitrogen and oxygen atoms in total. The molecule has 0 aliphatic carbocycles. The fourth-order valence-electron chi connectivity index (χ4n) is 1.33. The van der Waals surface area contributed by atoms with Gasteiger partial charge in [0.25, 0.3) is 0 Å². The highest BCUT2D eigenvalue weighted by atomic mass is 79.9. The monoisotopic (exact) mass is 316 g/mol. The first-order chi connectivity index (χ1) is 7.81. The molecule has 0 amide bonds. The summed E-state index contributed by atoms with van der Waals surface area (Å²) in [5.74, 6) is 0. The smallest absolute Gasteiger partial charge is 0.134 e. The Morgan fingerprint density at radius 3 is 3.00 bits per heavy atom. The van der Waals surface area contributed by atoms with Crippen LogP contribution in [-0.4, -0.2) is 11.5 Å². The average molecular weight is 317 g/mol. The normalized spacial score (nSPS) is 10.9. The van der Waals surface area contributed by atoms with E-state index in [9.17, 15) is 0 Å². The summed E-state index contributed by atoms with van der Waals surface area (Å²) in [6, 6.07) is 2.07. The third kappa shape index (κ3) is 2.91. The summed E-state index contributed by atoms with van der Waals surface area (Å²) in [5, 5.41) is 8.68. The molecule has 0 unspecified atom stereocenters. The fourth-order valence-corrected chi connectivity index (χ4v) is 3.97. The van der Waals surface area contributed by atoms with E-state index >= 15 is 0 Å². The number of thiophene rings is 1. The first-order valence-corrected chi connectivity index (χ1v) is 7.75. The molecule has 0 fully saturated rings. The van der Waals surface area contributed by atoms with Crippen LogP contribution in [0, 0.1) is 0 Å². The summed E-state index contributed by atoms with van der Waals surface area (Å²) in [5.41, 5.74) is 1.13. The lowest BCUT2D eigenvalue weighted by Gasteiger charge is -1.98. The Labute approximate surface area is 112 Å². The summed E-state index contributed by atoms with van der Waals surface area (Å²) < 4.78 is 1.14. The SMILES string of the molecule is CCCNCc1csc(-c2sccc2Br)n1. The van der Waals surface area contributed by atoms with Crippen LogP contribution in [0.5, 0.6) is 0 Å². The molecule has 0 spiro atoms. The Bertz CT molecular complexity index is 450. The van der Waals surface area contributed by atoms with Crippen LogP contribution < -0.4 is 5.32 Å². The Hall–Kier alpha value is -0.230. The molecular formula is C11H13BrN2S2. The van der Waals surface area contributed by atoms with Gasteiger partial charge in [0.05, 0.1) is 10.6 Å². The molecule has 0 aliphatic heterocycles. The van der Waals surface area contributed by atoms with Crippen molar-refractivity contribution in [2.45, 2.75) is 19.9 Å². The van der Waals surface area contributed by atoms with Gasteiger partial charge in [-0.15, -0.1) is 22.7 Å². The van der Waals surface area contributed by atoms with Gasteiger partial charge in [-0.25, -0.2) is 4.98 Å². The predicted octanol–water partition coefficient (Wildman–Crippen LogP) is 4.13. The minimum Gasteiger partial charge on any atom is -0.311 e. The van der Waals surface area contributed by atoms with Gasteiger partial charge >= 0.3 is 0 Å². The molecule has 0 saturated heterocycles. The maximum Gasteiger partial charge on any atom is 0.134 e. The van der Waals surface area contributed by atoms with Crippen molar-refractivity contribution in [3.05, 3.63) is 27.0 Å². The fraction of sp³-hybridized carbons (Fsp3) is 0.364. The first kappa shape index (κ1) is 12.2. The van der Waals surface area contributed by atoms with Crippen LogP contribution in [0.3, 0.4) is 0 Å². The summed E-state index contributed by atoms with van der Waals surface area (Å²) in [6.07, 6.45) is 1.16. The van der Waals surface area contributed by atoms with E-state index in [4.69, 9.17) is 0 Å². The lowest BCUT2D eigenvalue weighted by molar-refractivity contribution is 0.667. The van der Waals surface area contributed by atoms with E-state index in [1.807, 2.05) is 0 Å². The van der Waals surface area contributed by atoms with Gasteiger partial charge in [0, 0.05) is 16.4 Å². The minimum absolute atomic E-state index is 0.868. The van der Waals surface area contributed by atoms with Crippen molar-refractivity contribution in [2.24, 2.45) is 0 Å². The largest absolute Gasteiger partial charge is 0.311 e. The van der Waals surface area contributed by atoms with Gasteiger partial charge < -0.3 is 5.32 Å². The molecular weight excluding hydrogens is 304 g/mol. The van der Waals surface area contributed by atoms with Crippen LogP contribution in [0.25, 0.3) is 9.88 Å². The second kappa shape index (κ2) is 5.91. The quantitative estimate of drug-likeness (QED) is 0.839. The van der Waals surface area contributed by atoms with Crippen LogP contribution in [0.15, 0.2) is 21.3 Å². The third-order valence-corrected chi connectivity index (χ3v) is 4.98. The Kier molecular flexibility index (Phi) is 4.52. The first-order valence-electron chi connectivity index (χ1n) is 5.19. The molecule has 2 heterocycles. The number of hydrogen-bond donors (Lipinski definition) is 1. The highest BCUT2D eigenvalue weighted by Gasteiger charge is 2.09. The molecule has 86 valence electrons. The molecule has 2 aromatic heterocycles. The molecule has 0 atom stereocenters. The van der Waals surface area contributed by atoms with Gasteiger partial charge in [0.15, 0.2) is 0 Å². The van der Waals surface area contributed by atoms with Gasteiger partial charge in [-0.2, -0.15) is 0 Å². The number of halogens is 1. The highest BCUT2D eigenvalue weighted by molar-refractivity contribution is 9.10. The second-order valence-electron chi connectivity index (χ2n) is 3.42. The van der Waals surface area contributed by atoms with E-state index in [-0.39, 0.29) is 0 Å². The zero-order valence-corrected chi connectivity index (χ0v) is 12.2. The summed E-state index contributed by atoms with van der Waals surface area (Å²) in [7, 11) is 0. The molecule has 2 aromatic rings. The predicted molar refractivity (Wildman–Crippen MR) is 75.1 cm³/mol. The van der Waals surface area contributed by atoms with Crippen molar-refractivity contribution >= 4 is 38.6 Å². The van der Waals surface area contributed by atoms with E-state index in [1.54, 1.807) is 22.7 Å². The number of nitrogens with one attached hydrogen (secondary N) is 1. The Morgan fingerprint density at radius 2 is 2.31 bits per heavy atom. The summed E-state index contributed by atoms with van der Waals surface area (Å²) in [4.78, 5) is 5.85. The lowest BCUT2D eigenvalue weighted by Crippen LogP contribution is -2.13. The van der Waals surface area contributed by atoms with E-state index in [1.165, 1.54) is 4.88 Å². The third-order valence-electron chi connectivity index (χ3n) is 2.10. The van der Waals surface area contributed by atoms with Gasteiger partial charge in [-0.05, 0) is 40.3 Å². The molecule has 0 aromatic carbocycles. The second-order valence-corrected chi connectivity index (χ2v) is 6.05. The molecule has 2 rings (SSSR count). The van der Waals surface area contributed by atoms with E-state index < -0.39 is 0 Å². The van der Waals surface area contributed by atoms with Crippen LogP contribution in [0.4, 0.5) is 0 Å². The standard InChI is InChI=1S/C11H13BrN2S2/c1-2-4-13-6-8-7-16-11(14-8)10-9(12)3-5-15-10/h3,5,7,13H,2,4,6H2,1H3. The molecule has 0 bridgehead atoms. The van der Waals surface area contributed by atoms with Crippen molar-refractivity contribution in [2.75, 3.05) is 6.54 Å². The van der Waals surface area contributed by atoms with E-state index in [0.717, 1.165) is 34.7 Å². The van der Waals surface area contributed by atoms with Gasteiger partial charge in [0.2, 0.25) is 0 Å². The maximum absolute atomic E-state index is 4.62. The molecule has 1 N–H and O–H groups in total. The highest BCUT2D eigenvalue weighted by Crippen LogP contribution is 2.35. The Balaban J connectivity index is 2.05. The van der Waals surface area contributed by atoms with Crippen molar-refractivity contribution in [3.8, 4) is 9.88 Å². The zero-order chi connectivity index (χ0) is 11.4. The van der Waals surface area contributed by atoms with E-state index in [0.29, 0.717) is 0 Å². The van der Waals surface area contributed by atoms with Gasteiger partial charge in [-0.3, -0.25) is 0 Å².